The Morgan fingerprint density at radius 3 is 2.83 bits per heavy atom. The highest BCUT2D eigenvalue weighted by Gasteiger charge is 2.10. The minimum absolute atomic E-state index is 0.122. The fourth-order valence-corrected chi connectivity index (χ4v) is 2.96. The Hall–Kier alpha value is -2.08. The first-order valence-corrected chi connectivity index (χ1v) is 8.35. The third-order valence-electron chi connectivity index (χ3n) is 3.39. The molecule has 2 aromatic rings. The summed E-state index contributed by atoms with van der Waals surface area (Å²) in [4.78, 5) is 14.8. The number of carbonyl (C=O) groups is 1. The molecule has 0 spiro atoms. The summed E-state index contributed by atoms with van der Waals surface area (Å²) in [5, 5.41) is 4.86. The Balaban J connectivity index is 1.65. The third kappa shape index (κ3) is 5.25. The van der Waals surface area contributed by atoms with E-state index in [9.17, 15) is 9.18 Å². The first-order valence-electron chi connectivity index (χ1n) is 7.47. The van der Waals surface area contributed by atoms with Crippen molar-refractivity contribution in [3.63, 3.8) is 0 Å². The largest absolute Gasteiger partial charge is 0.490 e. The summed E-state index contributed by atoms with van der Waals surface area (Å²) in [6.45, 7) is 3.48. The molecule has 1 aromatic carbocycles. The van der Waals surface area contributed by atoms with Crippen LogP contribution in [0, 0.1) is 12.7 Å². The minimum Gasteiger partial charge on any atom is -0.490 e. The van der Waals surface area contributed by atoms with Gasteiger partial charge in [0.1, 0.15) is 0 Å². The average Bonchev–Trinajstić information content (AvgIpc) is 2.93. The minimum atomic E-state index is -0.373. The van der Waals surface area contributed by atoms with Crippen molar-refractivity contribution in [3.05, 3.63) is 52.0 Å². The Labute approximate surface area is 139 Å². The highest BCUT2D eigenvalue weighted by molar-refractivity contribution is 7.10. The molecule has 124 valence electrons. The van der Waals surface area contributed by atoms with E-state index in [0.717, 1.165) is 0 Å². The number of rotatable bonds is 7. The van der Waals surface area contributed by atoms with Gasteiger partial charge in [0.15, 0.2) is 11.6 Å². The molecule has 6 heteroatoms. The van der Waals surface area contributed by atoms with E-state index >= 15 is 0 Å². The summed E-state index contributed by atoms with van der Waals surface area (Å²) in [6.07, 6.45) is 0.617. The van der Waals surface area contributed by atoms with Gasteiger partial charge < -0.3 is 15.0 Å². The van der Waals surface area contributed by atoms with Gasteiger partial charge in [-0.25, -0.2) is 9.18 Å². The number of nitrogens with zero attached hydrogens (tertiary/aromatic N) is 1. The van der Waals surface area contributed by atoms with Crippen LogP contribution < -0.4 is 10.1 Å². The van der Waals surface area contributed by atoms with Crippen molar-refractivity contribution in [3.8, 4) is 5.75 Å². The zero-order chi connectivity index (χ0) is 16.7. The first kappa shape index (κ1) is 17.3. The van der Waals surface area contributed by atoms with E-state index < -0.39 is 0 Å². The van der Waals surface area contributed by atoms with Crippen LogP contribution in [0.15, 0.2) is 35.7 Å². The lowest BCUT2D eigenvalue weighted by atomic mass is 10.3. The van der Waals surface area contributed by atoms with Gasteiger partial charge in [-0.15, -0.1) is 11.3 Å². The number of carbonyl (C=O) groups excluding carboxylic acids is 1. The van der Waals surface area contributed by atoms with Crippen LogP contribution in [0.3, 0.4) is 0 Å². The molecule has 0 unspecified atom stereocenters. The van der Waals surface area contributed by atoms with Crippen LogP contribution >= 0.6 is 11.3 Å². The van der Waals surface area contributed by atoms with E-state index in [1.807, 2.05) is 18.4 Å². The Kier molecular flexibility index (Phi) is 6.40. The standard InChI is InChI=1S/C17H21FN2O2S/c1-13-8-11-23-16(13)12-20(2)17(21)19-9-5-10-22-15-7-4-3-6-14(15)18/h3-4,6-8,11H,5,9-10,12H2,1-2H3,(H,19,21). The lowest BCUT2D eigenvalue weighted by molar-refractivity contribution is 0.205. The fourth-order valence-electron chi connectivity index (χ4n) is 2.00. The van der Waals surface area contributed by atoms with E-state index in [4.69, 9.17) is 4.74 Å². The summed E-state index contributed by atoms with van der Waals surface area (Å²) in [5.41, 5.74) is 1.20. The lowest BCUT2D eigenvalue weighted by Gasteiger charge is -2.17. The zero-order valence-corrected chi connectivity index (χ0v) is 14.2. The maximum atomic E-state index is 13.3. The number of nitrogens with one attached hydrogen (secondary N) is 1. The molecule has 0 aliphatic heterocycles. The SMILES string of the molecule is Cc1ccsc1CN(C)C(=O)NCCCOc1ccccc1F. The summed E-state index contributed by atoms with van der Waals surface area (Å²) >= 11 is 1.65. The van der Waals surface area contributed by atoms with Crippen LogP contribution in [0.1, 0.15) is 16.9 Å². The van der Waals surface area contributed by atoms with Crippen LogP contribution in [-0.4, -0.2) is 31.1 Å². The van der Waals surface area contributed by atoms with Crippen LogP contribution in [0.2, 0.25) is 0 Å². The summed E-state index contributed by atoms with van der Waals surface area (Å²) < 4.78 is 18.7. The quantitative estimate of drug-likeness (QED) is 0.781. The van der Waals surface area contributed by atoms with Gasteiger partial charge in [-0.05, 0) is 42.5 Å². The highest BCUT2D eigenvalue weighted by atomic mass is 32.1. The van der Waals surface area contributed by atoms with E-state index in [1.165, 1.54) is 16.5 Å². The van der Waals surface area contributed by atoms with Gasteiger partial charge in [0.05, 0.1) is 13.2 Å². The monoisotopic (exact) mass is 336 g/mol. The predicted octanol–water partition coefficient (Wildman–Crippen LogP) is 3.81. The molecule has 0 atom stereocenters. The van der Waals surface area contributed by atoms with E-state index in [0.29, 0.717) is 26.1 Å². The van der Waals surface area contributed by atoms with Gasteiger partial charge in [-0.2, -0.15) is 0 Å². The van der Waals surface area contributed by atoms with Crippen LogP contribution in [0.25, 0.3) is 0 Å². The predicted molar refractivity (Wildman–Crippen MR) is 90.4 cm³/mol. The van der Waals surface area contributed by atoms with Crippen molar-refractivity contribution in [1.29, 1.82) is 0 Å². The lowest BCUT2D eigenvalue weighted by Crippen LogP contribution is -2.37. The summed E-state index contributed by atoms with van der Waals surface area (Å²) in [7, 11) is 1.77. The van der Waals surface area contributed by atoms with Gasteiger partial charge in [0.25, 0.3) is 0 Å². The molecule has 1 heterocycles. The number of aryl methyl sites for hydroxylation is 1. The molecule has 0 fully saturated rings. The number of ether oxygens (including phenoxy) is 1. The van der Waals surface area contributed by atoms with E-state index in [1.54, 1.807) is 41.5 Å². The molecular formula is C17H21FN2O2S. The second kappa shape index (κ2) is 8.53. The van der Waals surface area contributed by atoms with Crippen molar-refractivity contribution < 1.29 is 13.9 Å². The van der Waals surface area contributed by atoms with Gasteiger partial charge >= 0.3 is 6.03 Å². The van der Waals surface area contributed by atoms with Crippen molar-refractivity contribution in [2.24, 2.45) is 0 Å². The van der Waals surface area contributed by atoms with E-state index in [2.05, 4.69) is 5.32 Å². The smallest absolute Gasteiger partial charge is 0.317 e. The van der Waals surface area contributed by atoms with Crippen molar-refractivity contribution in [2.45, 2.75) is 19.9 Å². The number of amides is 2. The van der Waals surface area contributed by atoms with Crippen LogP contribution in [0.5, 0.6) is 5.75 Å². The molecule has 1 aromatic heterocycles. The molecule has 0 saturated carbocycles. The number of urea groups is 1. The van der Waals surface area contributed by atoms with E-state index in [-0.39, 0.29) is 17.6 Å². The molecule has 4 nitrogen and oxygen atoms in total. The van der Waals surface area contributed by atoms with Gasteiger partial charge in [0, 0.05) is 18.5 Å². The fraction of sp³-hybridized carbons (Fsp3) is 0.353. The molecule has 1 N–H and O–H groups in total. The topological polar surface area (TPSA) is 41.6 Å². The number of thiophene rings is 1. The molecule has 0 aliphatic carbocycles. The average molecular weight is 336 g/mol. The number of halogens is 1. The number of hydrogen-bond acceptors (Lipinski definition) is 3. The van der Waals surface area contributed by atoms with Crippen molar-refractivity contribution >= 4 is 17.4 Å². The Morgan fingerprint density at radius 1 is 1.35 bits per heavy atom. The van der Waals surface area contributed by atoms with Gasteiger partial charge in [-0.1, -0.05) is 12.1 Å². The highest BCUT2D eigenvalue weighted by Crippen LogP contribution is 2.17. The number of benzene rings is 1. The normalized spacial score (nSPS) is 10.4. The zero-order valence-electron chi connectivity index (χ0n) is 13.3. The third-order valence-corrected chi connectivity index (χ3v) is 4.39. The van der Waals surface area contributed by atoms with Gasteiger partial charge in [0.2, 0.25) is 0 Å². The number of hydrogen-bond donors (Lipinski definition) is 1. The second-order valence-corrected chi connectivity index (χ2v) is 6.25. The molecule has 2 rings (SSSR count). The molecule has 0 saturated heterocycles. The number of para-hydroxylation sites is 1. The van der Waals surface area contributed by atoms with Crippen molar-refractivity contribution in [2.75, 3.05) is 20.2 Å². The summed E-state index contributed by atoms with van der Waals surface area (Å²) in [6, 6.07) is 8.22. The van der Waals surface area contributed by atoms with Crippen molar-refractivity contribution in [1.82, 2.24) is 10.2 Å². The maximum absolute atomic E-state index is 13.3. The molecule has 0 radical (unpaired) electrons. The van der Waals surface area contributed by atoms with Gasteiger partial charge in [-0.3, -0.25) is 0 Å². The second-order valence-electron chi connectivity index (χ2n) is 5.25. The maximum Gasteiger partial charge on any atom is 0.317 e. The molecule has 23 heavy (non-hydrogen) atoms. The van der Waals surface area contributed by atoms with Crippen LogP contribution in [0.4, 0.5) is 9.18 Å². The Bertz CT molecular complexity index is 645. The molecule has 2 amide bonds. The molecular weight excluding hydrogens is 315 g/mol. The van der Waals surface area contributed by atoms with Crippen LogP contribution in [-0.2, 0) is 6.54 Å². The first-order chi connectivity index (χ1) is 11.1. The molecule has 0 aliphatic rings. The summed E-state index contributed by atoms with van der Waals surface area (Å²) in [5.74, 6) is -0.133. The molecule has 0 bridgehead atoms. The Morgan fingerprint density at radius 2 is 2.13 bits per heavy atom.